The van der Waals surface area contributed by atoms with E-state index < -0.39 is 24.0 Å². The topological polar surface area (TPSA) is 102 Å². The van der Waals surface area contributed by atoms with Gasteiger partial charge in [0.05, 0.1) is 12.2 Å². The second-order valence-electron chi connectivity index (χ2n) is 6.28. The molecule has 1 aromatic carbocycles. The average molecular weight is 435 g/mol. The molecule has 10 heteroatoms. The molecule has 29 heavy (non-hydrogen) atoms. The van der Waals surface area contributed by atoms with Crippen molar-refractivity contribution in [1.29, 1.82) is 0 Å². The van der Waals surface area contributed by atoms with Crippen molar-refractivity contribution in [3.63, 3.8) is 0 Å². The molecule has 8 nitrogen and oxygen atoms in total. The Morgan fingerprint density at radius 3 is 2.72 bits per heavy atom. The maximum atomic E-state index is 12.5. The average Bonchev–Trinajstić information content (AvgIpc) is 3.25. The van der Waals surface area contributed by atoms with Crippen molar-refractivity contribution in [1.82, 2.24) is 20.4 Å². The van der Waals surface area contributed by atoms with Crippen LogP contribution in [0.15, 0.2) is 30.3 Å². The summed E-state index contributed by atoms with van der Waals surface area (Å²) in [5.41, 5.74) is 1.68. The summed E-state index contributed by atoms with van der Waals surface area (Å²) in [5, 5.41) is 10.3. The Bertz CT molecular complexity index is 1090. The van der Waals surface area contributed by atoms with Crippen LogP contribution in [0.2, 0.25) is 5.02 Å². The summed E-state index contributed by atoms with van der Waals surface area (Å²) in [5.74, 6) is -1.35. The third kappa shape index (κ3) is 4.57. The number of amides is 3. The maximum Gasteiger partial charge on any atom is 0.349 e. The second kappa shape index (κ2) is 8.62. The molecular weight excluding hydrogens is 416 g/mol. The van der Waals surface area contributed by atoms with Gasteiger partial charge < -0.3 is 10.1 Å². The summed E-state index contributed by atoms with van der Waals surface area (Å²) in [7, 11) is 1.38. The number of carbonyl (C=O) groups excluding carboxylic acids is 3. The predicted molar refractivity (Wildman–Crippen MR) is 110 cm³/mol. The van der Waals surface area contributed by atoms with Gasteiger partial charge in [0.15, 0.2) is 6.10 Å². The molecule has 0 aliphatic rings. The molecule has 2 aromatic heterocycles. The van der Waals surface area contributed by atoms with Gasteiger partial charge >= 0.3 is 12.0 Å². The minimum Gasteiger partial charge on any atom is -0.448 e. The van der Waals surface area contributed by atoms with E-state index in [0.29, 0.717) is 16.4 Å². The van der Waals surface area contributed by atoms with Gasteiger partial charge in [0.25, 0.3) is 5.91 Å². The molecule has 152 valence electrons. The molecule has 2 heterocycles. The Labute approximate surface area is 175 Å². The van der Waals surface area contributed by atoms with Crippen molar-refractivity contribution >= 4 is 51.1 Å². The number of hydrogen-bond donors (Lipinski definition) is 2. The fourth-order valence-electron chi connectivity index (χ4n) is 2.66. The van der Waals surface area contributed by atoms with Crippen molar-refractivity contribution in [2.75, 3.05) is 7.05 Å². The first-order chi connectivity index (χ1) is 13.8. The minimum atomic E-state index is -1.12. The summed E-state index contributed by atoms with van der Waals surface area (Å²) >= 11 is 7.46. The minimum absolute atomic E-state index is 0.341. The van der Waals surface area contributed by atoms with E-state index in [9.17, 15) is 14.4 Å². The Morgan fingerprint density at radius 2 is 2.03 bits per heavy atom. The van der Waals surface area contributed by atoms with E-state index in [1.807, 2.05) is 31.2 Å². The Hall–Kier alpha value is -2.91. The first-order valence-corrected chi connectivity index (χ1v) is 9.93. The zero-order valence-electron chi connectivity index (χ0n) is 16.0. The number of fused-ring (bicyclic) bond motifs is 1. The number of esters is 1. The Balaban J connectivity index is 1.79. The highest BCUT2D eigenvalue weighted by Crippen LogP contribution is 2.30. The van der Waals surface area contributed by atoms with Gasteiger partial charge in [-0.2, -0.15) is 5.10 Å². The molecule has 2 N–H and O–H groups in total. The summed E-state index contributed by atoms with van der Waals surface area (Å²) in [4.78, 5) is 36.7. The number of nitrogens with zero attached hydrogens (tertiary/aromatic N) is 2. The molecule has 3 rings (SSSR count). The van der Waals surface area contributed by atoms with Crippen LogP contribution in [0.1, 0.15) is 27.9 Å². The summed E-state index contributed by atoms with van der Waals surface area (Å²) in [6, 6.07) is 8.51. The number of thiophene rings is 1. The van der Waals surface area contributed by atoms with E-state index in [1.165, 1.54) is 25.3 Å². The summed E-state index contributed by atoms with van der Waals surface area (Å²) < 4.78 is 6.98. The van der Waals surface area contributed by atoms with E-state index >= 15 is 0 Å². The number of urea groups is 1. The largest absolute Gasteiger partial charge is 0.448 e. The van der Waals surface area contributed by atoms with Gasteiger partial charge in [-0.25, -0.2) is 9.59 Å². The van der Waals surface area contributed by atoms with Crippen molar-refractivity contribution < 1.29 is 19.1 Å². The predicted octanol–water partition coefficient (Wildman–Crippen LogP) is 3.11. The van der Waals surface area contributed by atoms with Crippen LogP contribution in [0.3, 0.4) is 0 Å². The van der Waals surface area contributed by atoms with E-state index in [-0.39, 0.29) is 0 Å². The number of aryl methyl sites for hydroxylation is 1. The van der Waals surface area contributed by atoms with Gasteiger partial charge in [-0.15, -0.1) is 11.3 Å². The Morgan fingerprint density at radius 1 is 1.31 bits per heavy atom. The number of halogens is 1. The SMILES string of the molecule is CNC(=O)NC(=O)[C@@H](C)OC(=O)c1cc2c(C)nn(Cc3ccccc3Cl)c2s1. The number of ether oxygens (including phenoxy) is 1. The molecule has 0 aliphatic carbocycles. The van der Waals surface area contributed by atoms with Gasteiger partial charge in [0.2, 0.25) is 0 Å². The standard InChI is InChI=1S/C19H19ClN4O4S/c1-10-13-8-15(18(26)28-11(2)16(25)22-19(27)21-3)29-17(13)24(23-10)9-12-6-4-5-7-14(12)20/h4-8,11H,9H2,1-3H3,(H2,21,22,25,27)/t11-/m1/s1. The first kappa shape index (κ1) is 20.8. The van der Waals surface area contributed by atoms with E-state index in [1.54, 1.807) is 10.7 Å². The highest BCUT2D eigenvalue weighted by molar-refractivity contribution is 7.20. The van der Waals surface area contributed by atoms with Crippen molar-refractivity contribution in [2.24, 2.45) is 0 Å². The number of aromatic nitrogens is 2. The van der Waals surface area contributed by atoms with Gasteiger partial charge in [0.1, 0.15) is 9.71 Å². The number of imide groups is 1. The van der Waals surface area contributed by atoms with Crippen LogP contribution in [0.5, 0.6) is 0 Å². The highest BCUT2D eigenvalue weighted by atomic mass is 35.5. The summed E-state index contributed by atoms with van der Waals surface area (Å²) in [6.07, 6.45) is -1.12. The van der Waals surface area contributed by atoms with Crippen LogP contribution in [-0.2, 0) is 16.1 Å². The number of rotatable bonds is 5. The lowest BCUT2D eigenvalue weighted by molar-refractivity contribution is -0.127. The van der Waals surface area contributed by atoms with E-state index in [0.717, 1.165) is 21.5 Å². The van der Waals surface area contributed by atoms with Gasteiger partial charge in [-0.05, 0) is 31.5 Å². The van der Waals surface area contributed by atoms with Crippen LogP contribution in [0.4, 0.5) is 4.79 Å². The van der Waals surface area contributed by atoms with Crippen molar-refractivity contribution in [2.45, 2.75) is 26.5 Å². The molecular formula is C19H19ClN4O4S. The number of carbonyl (C=O) groups is 3. The molecule has 3 amide bonds. The zero-order valence-corrected chi connectivity index (χ0v) is 17.6. The van der Waals surface area contributed by atoms with E-state index in [4.69, 9.17) is 16.3 Å². The zero-order chi connectivity index (χ0) is 21.1. The highest BCUT2D eigenvalue weighted by Gasteiger charge is 2.23. The summed E-state index contributed by atoms with van der Waals surface area (Å²) in [6.45, 7) is 3.71. The molecule has 0 fully saturated rings. The number of nitrogens with one attached hydrogen (secondary N) is 2. The molecule has 0 radical (unpaired) electrons. The lowest BCUT2D eigenvalue weighted by atomic mass is 10.2. The smallest absolute Gasteiger partial charge is 0.349 e. The van der Waals surface area contributed by atoms with E-state index in [2.05, 4.69) is 15.7 Å². The number of benzene rings is 1. The first-order valence-electron chi connectivity index (χ1n) is 8.74. The molecule has 0 saturated heterocycles. The number of hydrogen-bond acceptors (Lipinski definition) is 6. The van der Waals surface area contributed by atoms with Crippen LogP contribution in [0.25, 0.3) is 10.2 Å². The van der Waals surface area contributed by atoms with Gasteiger partial charge in [-0.1, -0.05) is 29.8 Å². The lowest BCUT2D eigenvalue weighted by Gasteiger charge is -2.11. The Kier molecular flexibility index (Phi) is 6.19. The second-order valence-corrected chi connectivity index (χ2v) is 7.72. The fourth-order valence-corrected chi connectivity index (χ4v) is 3.90. The van der Waals surface area contributed by atoms with Crippen molar-refractivity contribution in [3.8, 4) is 0 Å². The molecule has 0 bridgehead atoms. The van der Waals surface area contributed by atoms with Crippen LogP contribution in [0, 0.1) is 6.92 Å². The normalized spacial score (nSPS) is 11.9. The third-order valence-corrected chi connectivity index (χ3v) is 5.70. The monoisotopic (exact) mass is 434 g/mol. The van der Waals surface area contributed by atoms with Gasteiger partial charge in [0, 0.05) is 17.5 Å². The fraction of sp³-hybridized carbons (Fsp3) is 0.263. The molecule has 3 aromatic rings. The lowest BCUT2D eigenvalue weighted by Crippen LogP contribution is -2.43. The van der Waals surface area contributed by atoms with Gasteiger partial charge in [-0.3, -0.25) is 14.8 Å². The molecule has 1 atom stereocenters. The third-order valence-electron chi connectivity index (χ3n) is 4.20. The molecule has 0 saturated carbocycles. The van der Waals surface area contributed by atoms with Crippen LogP contribution < -0.4 is 10.6 Å². The molecule has 0 aliphatic heterocycles. The molecule has 0 unspecified atom stereocenters. The maximum absolute atomic E-state index is 12.5. The van der Waals surface area contributed by atoms with Crippen LogP contribution >= 0.6 is 22.9 Å². The quantitative estimate of drug-likeness (QED) is 0.600. The molecule has 0 spiro atoms. The van der Waals surface area contributed by atoms with Crippen LogP contribution in [-0.4, -0.2) is 40.8 Å². The van der Waals surface area contributed by atoms with Crippen molar-refractivity contribution in [3.05, 3.63) is 51.5 Å².